The fraction of sp³-hybridized carbons (Fsp3) is 0.0833. The number of pyridine rings is 1. The van der Waals surface area contributed by atoms with Crippen molar-refractivity contribution in [2.45, 2.75) is 6.92 Å². The Morgan fingerprint density at radius 3 is 2.47 bits per heavy atom. The quantitative estimate of drug-likeness (QED) is 0.652. The number of benzene rings is 1. The zero-order chi connectivity index (χ0) is 10.8. The van der Waals surface area contributed by atoms with E-state index in [1.165, 1.54) is 18.2 Å². The molecule has 0 saturated heterocycles. The van der Waals surface area contributed by atoms with E-state index in [4.69, 9.17) is 0 Å². The first-order valence-corrected chi connectivity index (χ1v) is 4.64. The molecule has 2 aromatic rings. The lowest BCUT2D eigenvalue weighted by molar-refractivity contribution is 0.542. The number of nitrogens with zero attached hydrogens (tertiary/aromatic N) is 1. The first kappa shape index (κ1) is 9.65. The SMILES string of the molecule is Cc1ccccc1-n1c(F)cccc1=O. The Hall–Kier alpha value is -1.90. The molecule has 0 aliphatic carbocycles. The van der Waals surface area contributed by atoms with Crippen LogP contribution in [0.5, 0.6) is 0 Å². The monoisotopic (exact) mass is 203 g/mol. The van der Waals surface area contributed by atoms with Crippen molar-refractivity contribution in [3.63, 3.8) is 0 Å². The molecule has 0 saturated carbocycles. The van der Waals surface area contributed by atoms with Gasteiger partial charge in [0.1, 0.15) is 0 Å². The van der Waals surface area contributed by atoms with E-state index in [-0.39, 0.29) is 5.56 Å². The Morgan fingerprint density at radius 2 is 1.80 bits per heavy atom. The van der Waals surface area contributed by atoms with Gasteiger partial charge < -0.3 is 0 Å². The van der Waals surface area contributed by atoms with Crippen LogP contribution in [-0.4, -0.2) is 4.57 Å². The molecule has 15 heavy (non-hydrogen) atoms. The number of halogens is 1. The summed E-state index contributed by atoms with van der Waals surface area (Å²) in [5, 5.41) is 0. The normalized spacial score (nSPS) is 10.3. The van der Waals surface area contributed by atoms with Gasteiger partial charge in [-0.15, -0.1) is 0 Å². The molecule has 0 bridgehead atoms. The molecule has 0 atom stereocenters. The minimum Gasteiger partial charge on any atom is -0.269 e. The van der Waals surface area contributed by atoms with E-state index < -0.39 is 5.95 Å². The number of aryl methyl sites for hydroxylation is 1. The number of hydrogen-bond donors (Lipinski definition) is 0. The van der Waals surface area contributed by atoms with Crippen molar-refractivity contribution in [2.24, 2.45) is 0 Å². The van der Waals surface area contributed by atoms with Crippen LogP contribution < -0.4 is 5.56 Å². The first-order valence-electron chi connectivity index (χ1n) is 4.64. The highest BCUT2D eigenvalue weighted by Crippen LogP contribution is 2.12. The molecular formula is C12H10FNO. The maximum absolute atomic E-state index is 13.5. The Bertz CT molecular complexity index is 545. The Labute approximate surface area is 86.6 Å². The highest BCUT2D eigenvalue weighted by Gasteiger charge is 2.06. The maximum Gasteiger partial charge on any atom is 0.257 e. The largest absolute Gasteiger partial charge is 0.269 e. The number of hydrogen-bond acceptors (Lipinski definition) is 1. The van der Waals surface area contributed by atoms with Gasteiger partial charge in [-0.25, -0.2) is 0 Å². The Kier molecular flexibility index (Phi) is 2.37. The lowest BCUT2D eigenvalue weighted by Gasteiger charge is -2.09. The van der Waals surface area contributed by atoms with Crippen molar-refractivity contribution in [3.05, 3.63) is 64.3 Å². The molecule has 0 aliphatic heterocycles. The molecule has 0 aliphatic rings. The van der Waals surface area contributed by atoms with Crippen LogP contribution in [0.2, 0.25) is 0 Å². The van der Waals surface area contributed by atoms with Crippen LogP contribution in [0.3, 0.4) is 0 Å². The van der Waals surface area contributed by atoms with Crippen LogP contribution in [0.1, 0.15) is 5.56 Å². The van der Waals surface area contributed by atoms with Gasteiger partial charge in [0.15, 0.2) is 0 Å². The second-order valence-electron chi connectivity index (χ2n) is 3.31. The molecule has 0 fully saturated rings. The van der Waals surface area contributed by atoms with E-state index in [0.717, 1.165) is 10.1 Å². The number of rotatable bonds is 1. The maximum atomic E-state index is 13.5. The number of aromatic nitrogens is 1. The second kappa shape index (κ2) is 3.69. The van der Waals surface area contributed by atoms with Crippen LogP contribution >= 0.6 is 0 Å². The summed E-state index contributed by atoms with van der Waals surface area (Å²) in [6.45, 7) is 1.84. The van der Waals surface area contributed by atoms with Crippen molar-refractivity contribution in [1.82, 2.24) is 4.57 Å². The topological polar surface area (TPSA) is 22.0 Å². The van der Waals surface area contributed by atoms with Gasteiger partial charge in [-0.3, -0.25) is 9.36 Å². The third kappa shape index (κ3) is 1.68. The molecular weight excluding hydrogens is 193 g/mol. The predicted molar refractivity (Wildman–Crippen MR) is 56.7 cm³/mol. The molecule has 2 nitrogen and oxygen atoms in total. The van der Waals surface area contributed by atoms with Gasteiger partial charge >= 0.3 is 0 Å². The summed E-state index contributed by atoms with van der Waals surface area (Å²) in [4.78, 5) is 11.5. The lowest BCUT2D eigenvalue weighted by atomic mass is 10.2. The van der Waals surface area contributed by atoms with Gasteiger partial charge in [0, 0.05) is 6.07 Å². The zero-order valence-corrected chi connectivity index (χ0v) is 8.27. The van der Waals surface area contributed by atoms with Gasteiger partial charge in [-0.2, -0.15) is 4.39 Å². The van der Waals surface area contributed by atoms with Crippen LogP contribution in [0.25, 0.3) is 5.69 Å². The molecule has 3 heteroatoms. The lowest BCUT2D eigenvalue weighted by Crippen LogP contribution is -2.20. The van der Waals surface area contributed by atoms with Gasteiger partial charge in [0.2, 0.25) is 5.95 Å². The molecule has 0 radical (unpaired) electrons. The average Bonchev–Trinajstić information content (AvgIpc) is 2.20. The van der Waals surface area contributed by atoms with Crippen molar-refractivity contribution in [1.29, 1.82) is 0 Å². The molecule has 1 heterocycles. The molecule has 0 amide bonds. The molecule has 2 rings (SSSR count). The summed E-state index contributed by atoms with van der Waals surface area (Å²) in [6.07, 6.45) is 0. The highest BCUT2D eigenvalue weighted by molar-refractivity contribution is 5.40. The summed E-state index contributed by atoms with van der Waals surface area (Å²) < 4.78 is 14.5. The third-order valence-corrected chi connectivity index (χ3v) is 2.26. The van der Waals surface area contributed by atoms with Gasteiger partial charge in [-0.05, 0) is 24.6 Å². The van der Waals surface area contributed by atoms with E-state index in [1.807, 2.05) is 19.1 Å². The summed E-state index contributed by atoms with van der Waals surface area (Å²) in [5.74, 6) is -0.545. The van der Waals surface area contributed by atoms with E-state index in [1.54, 1.807) is 12.1 Å². The minimum atomic E-state index is -0.545. The Balaban J connectivity index is 2.75. The molecule has 1 aromatic heterocycles. The molecule has 0 spiro atoms. The number of para-hydroxylation sites is 1. The van der Waals surface area contributed by atoms with Crippen molar-refractivity contribution >= 4 is 0 Å². The van der Waals surface area contributed by atoms with Gasteiger partial charge in [-0.1, -0.05) is 24.3 Å². The zero-order valence-electron chi connectivity index (χ0n) is 8.27. The van der Waals surface area contributed by atoms with Crippen LogP contribution in [0.4, 0.5) is 4.39 Å². The summed E-state index contributed by atoms with van der Waals surface area (Å²) in [5.41, 5.74) is 1.09. The Morgan fingerprint density at radius 1 is 1.07 bits per heavy atom. The predicted octanol–water partition coefficient (Wildman–Crippen LogP) is 2.29. The summed E-state index contributed by atoms with van der Waals surface area (Å²) >= 11 is 0. The first-order chi connectivity index (χ1) is 7.20. The van der Waals surface area contributed by atoms with E-state index in [2.05, 4.69) is 0 Å². The fourth-order valence-corrected chi connectivity index (χ4v) is 1.51. The van der Waals surface area contributed by atoms with E-state index >= 15 is 0 Å². The highest BCUT2D eigenvalue weighted by atomic mass is 19.1. The minimum absolute atomic E-state index is 0.357. The van der Waals surface area contributed by atoms with Crippen molar-refractivity contribution < 1.29 is 4.39 Å². The molecule has 0 unspecified atom stereocenters. The van der Waals surface area contributed by atoms with Gasteiger partial charge in [0.25, 0.3) is 5.56 Å². The molecule has 0 N–H and O–H groups in total. The summed E-state index contributed by atoms with van der Waals surface area (Å²) in [6, 6.07) is 11.2. The molecule has 1 aromatic carbocycles. The smallest absolute Gasteiger partial charge is 0.257 e. The van der Waals surface area contributed by atoms with E-state index in [0.29, 0.717) is 5.69 Å². The third-order valence-electron chi connectivity index (χ3n) is 2.26. The van der Waals surface area contributed by atoms with Crippen LogP contribution in [-0.2, 0) is 0 Å². The van der Waals surface area contributed by atoms with Crippen LogP contribution in [0, 0.1) is 12.9 Å². The second-order valence-corrected chi connectivity index (χ2v) is 3.31. The van der Waals surface area contributed by atoms with Gasteiger partial charge in [0.05, 0.1) is 5.69 Å². The van der Waals surface area contributed by atoms with Crippen LogP contribution in [0.15, 0.2) is 47.3 Å². The standard InChI is InChI=1S/C12H10FNO/c1-9-5-2-3-6-10(9)14-11(13)7-4-8-12(14)15/h2-8H,1H3. The van der Waals surface area contributed by atoms with E-state index in [9.17, 15) is 9.18 Å². The van der Waals surface area contributed by atoms with Crippen molar-refractivity contribution in [2.75, 3.05) is 0 Å². The molecule has 76 valence electrons. The fourth-order valence-electron chi connectivity index (χ4n) is 1.51. The average molecular weight is 203 g/mol. The van der Waals surface area contributed by atoms with Crippen molar-refractivity contribution in [3.8, 4) is 5.69 Å². The summed E-state index contributed by atoms with van der Waals surface area (Å²) in [7, 11) is 0.